The van der Waals surface area contributed by atoms with E-state index in [9.17, 15) is 0 Å². The number of aromatic nitrogens is 2. The largest absolute Gasteiger partial charge is 0.305 e. The van der Waals surface area contributed by atoms with Gasteiger partial charge < -0.3 is 9.97 Å². The summed E-state index contributed by atoms with van der Waals surface area (Å²) in [4.78, 5) is 9.02. The average Bonchev–Trinajstić information content (AvgIpc) is 3.01. The molecule has 4 heteroatoms. The summed E-state index contributed by atoms with van der Waals surface area (Å²) in [6.07, 6.45) is 3.75. The van der Waals surface area contributed by atoms with Gasteiger partial charge in [0, 0.05) is 32.5 Å². The van der Waals surface area contributed by atoms with E-state index in [1.54, 1.807) is 6.20 Å². The van der Waals surface area contributed by atoms with Crippen LogP contribution in [0.15, 0.2) is 122 Å². The Bertz CT molecular complexity index is 1950. The van der Waals surface area contributed by atoms with E-state index >= 15 is 0 Å². The molecule has 8 rings (SSSR count). The van der Waals surface area contributed by atoms with Gasteiger partial charge in [-0.25, -0.2) is 0 Å². The van der Waals surface area contributed by atoms with Gasteiger partial charge in [0.25, 0.3) is 0 Å². The Morgan fingerprint density at radius 2 is 1.43 bits per heavy atom. The smallest absolute Gasteiger partial charge is 0.0659 e. The van der Waals surface area contributed by atoms with Gasteiger partial charge >= 0.3 is 0 Å². The summed E-state index contributed by atoms with van der Waals surface area (Å²) in [5, 5.41) is 10.9. The van der Waals surface area contributed by atoms with Crippen molar-refractivity contribution in [3.05, 3.63) is 134 Å². The molecule has 195 valence electrons. The van der Waals surface area contributed by atoms with Crippen molar-refractivity contribution in [1.82, 2.24) is 9.97 Å². The van der Waals surface area contributed by atoms with Crippen LogP contribution in [0.2, 0.25) is 13.1 Å². The molecule has 0 N–H and O–H groups in total. The van der Waals surface area contributed by atoms with Crippen LogP contribution in [0.5, 0.6) is 0 Å². The van der Waals surface area contributed by atoms with Gasteiger partial charge in [-0.15, -0.1) is 70.9 Å². The van der Waals surface area contributed by atoms with E-state index in [0.717, 1.165) is 17.0 Å². The Labute approximate surface area is 249 Å². The van der Waals surface area contributed by atoms with Gasteiger partial charge in [-0.1, -0.05) is 72.9 Å². The first-order chi connectivity index (χ1) is 19.1. The molecule has 0 bridgehead atoms. The Morgan fingerprint density at radius 3 is 2.25 bits per heavy atom. The fourth-order valence-electron chi connectivity index (χ4n) is 5.92. The van der Waals surface area contributed by atoms with Crippen molar-refractivity contribution in [2.75, 3.05) is 0 Å². The Hall–Kier alpha value is -3.95. The zero-order chi connectivity index (χ0) is 26.4. The molecule has 7 aromatic rings. The number of benzene rings is 5. The van der Waals surface area contributed by atoms with Crippen LogP contribution in [-0.2, 0) is 20.1 Å². The molecule has 1 aliphatic rings. The number of hydrogen-bond donors (Lipinski definition) is 0. The maximum Gasteiger partial charge on any atom is 0.0659 e. The van der Waals surface area contributed by atoms with Crippen LogP contribution in [0.25, 0.3) is 54.8 Å². The van der Waals surface area contributed by atoms with Crippen molar-refractivity contribution in [2.24, 2.45) is 0 Å². The van der Waals surface area contributed by atoms with Crippen molar-refractivity contribution in [1.29, 1.82) is 0 Å². The van der Waals surface area contributed by atoms with E-state index in [0.29, 0.717) is 0 Å². The zero-order valence-electron chi connectivity index (χ0n) is 22.3. The number of rotatable bonds is 1. The molecule has 40 heavy (non-hydrogen) atoms. The number of hydrogen-bond acceptors (Lipinski definition) is 2. The van der Waals surface area contributed by atoms with Crippen LogP contribution in [0.4, 0.5) is 0 Å². The molecule has 0 fully saturated rings. The fraction of sp³-hybridized carbons (Fsp3) is 0.0556. The Morgan fingerprint density at radius 1 is 0.600 bits per heavy atom. The van der Waals surface area contributed by atoms with E-state index < -0.39 is 8.07 Å². The topological polar surface area (TPSA) is 25.8 Å². The van der Waals surface area contributed by atoms with Crippen molar-refractivity contribution >= 4 is 50.8 Å². The molecule has 0 spiro atoms. The van der Waals surface area contributed by atoms with Crippen molar-refractivity contribution in [3.63, 3.8) is 0 Å². The third-order valence-corrected chi connectivity index (χ3v) is 11.4. The number of fused-ring (bicyclic) bond motifs is 6. The summed E-state index contributed by atoms with van der Waals surface area (Å²) in [5.74, 6) is 0. The molecular weight excluding hydrogens is 681 g/mol. The predicted octanol–water partition coefficient (Wildman–Crippen LogP) is 7.69. The molecule has 0 atom stereocenters. The minimum atomic E-state index is -1.84. The Kier molecular flexibility index (Phi) is 6.93. The van der Waals surface area contributed by atoms with Gasteiger partial charge in [0.1, 0.15) is 0 Å². The second-order valence-electron chi connectivity index (χ2n) is 10.5. The van der Waals surface area contributed by atoms with E-state index in [1.807, 2.05) is 54.7 Å². The molecule has 0 aliphatic carbocycles. The van der Waals surface area contributed by atoms with Crippen molar-refractivity contribution < 1.29 is 20.1 Å². The summed E-state index contributed by atoms with van der Waals surface area (Å²) < 4.78 is 0. The second kappa shape index (κ2) is 10.6. The monoisotopic (exact) mass is 707 g/mol. The third kappa shape index (κ3) is 4.29. The first kappa shape index (κ1) is 26.3. The molecular formula is C36H26IrN2Si-2. The summed E-state index contributed by atoms with van der Waals surface area (Å²) in [5.41, 5.74) is 4.31. The molecule has 2 nitrogen and oxygen atoms in total. The second-order valence-corrected chi connectivity index (χ2v) is 14.8. The normalized spacial score (nSPS) is 12.8. The molecule has 0 unspecified atom stereocenters. The molecule has 2 aromatic heterocycles. The van der Waals surface area contributed by atoms with Crippen LogP contribution in [0.3, 0.4) is 0 Å². The predicted molar refractivity (Wildman–Crippen MR) is 166 cm³/mol. The number of pyridine rings is 2. The quantitative estimate of drug-likeness (QED) is 0.0995. The molecule has 0 saturated heterocycles. The summed E-state index contributed by atoms with van der Waals surface area (Å²) in [6, 6.07) is 44.6. The van der Waals surface area contributed by atoms with Crippen LogP contribution in [-0.4, -0.2) is 18.0 Å². The van der Waals surface area contributed by atoms with Crippen LogP contribution in [0, 0.1) is 12.1 Å². The van der Waals surface area contributed by atoms with Gasteiger partial charge in [-0.05, 0) is 55.8 Å². The Balaban J connectivity index is 0.000000188. The van der Waals surface area contributed by atoms with Crippen molar-refractivity contribution in [2.45, 2.75) is 13.1 Å². The summed E-state index contributed by atoms with van der Waals surface area (Å²) >= 11 is 0. The maximum absolute atomic E-state index is 4.80. The minimum Gasteiger partial charge on any atom is -0.305 e. The first-order valence-corrected chi connectivity index (χ1v) is 16.3. The number of nitrogens with zero attached hydrogens (tertiary/aromatic N) is 2. The molecule has 0 saturated carbocycles. The van der Waals surface area contributed by atoms with E-state index in [2.05, 4.69) is 90.9 Å². The molecule has 1 aliphatic heterocycles. The minimum absolute atomic E-state index is 0. The molecule has 5 aromatic carbocycles. The zero-order valence-corrected chi connectivity index (χ0v) is 25.7. The van der Waals surface area contributed by atoms with Crippen LogP contribution in [0.1, 0.15) is 0 Å². The third-order valence-electron chi connectivity index (χ3n) is 7.86. The SMILES string of the molecule is C[Si]1(C)c2ccc[c-]c2-c2nccc3c2c1cc1c2ccccc2ccc31.[Ir].[c-]1ccccc1-c1ccccn1. The van der Waals surface area contributed by atoms with Crippen molar-refractivity contribution in [3.8, 4) is 22.5 Å². The van der Waals surface area contributed by atoms with E-state index in [1.165, 1.54) is 48.3 Å². The van der Waals surface area contributed by atoms with E-state index in [4.69, 9.17) is 4.98 Å². The van der Waals surface area contributed by atoms with Crippen LogP contribution >= 0.6 is 0 Å². The molecule has 0 amide bonds. The summed E-state index contributed by atoms with van der Waals surface area (Å²) in [6.45, 7) is 4.92. The first-order valence-electron chi connectivity index (χ1n) is 13.3. The van der Waals surface area contributed by atoms with Gasteiger partial charge in [-0.2, -0.15) is 0 Å². The average molecular weight is 707 g/mol. The van der Waals surface area contributed by atoms with Crippen LogP contribution < -0.4 is 10.4 Å². The van der Waals surface area contributed by atoms with E-state index in [-0.39, 0.29) is 20.1 Å². The molecule has 3 heterocycles. The van der Waals surface area contributed by atoms with Gasteiger partial charge in [0.2, 0.25) is 0 Å². The van der Waals surface area contributed by atoms with Gasteiger partial charge in [0.15, 0.2) is 0 Å². The fourth-order valence-corrected chi connectivity index (χ4v) is 8.92. The van der Waals surface area contributed by atoms with Gasteiger partial charge in [0.05, 0.1) is 8.07 Å². The van der Waals surface area contributed by atoms with Gasteiger partial charge in [-0.3, -0.25) is 0 Å². The summed E-state index contributed by atoms with van der Waals surface area (Å²) in [7, 11) is -1.84. The standard InChI is InChI=1S/C25H18NSi.C11H8N.Ir/c1-27(2)22-10-6-5-9-20(22)25-24-19(13-14-26-25)18-12-11-16-7-3-4-8-17(16)21(18)15-23(24)27;1-2-6-10(7-3-1)11-8-4-5-9-12-11;/h3-8,10-15H,1-2H3;1-6,8-9H;/q2*-1;. The maximum atomic E-state index is 4.80. The molecule has 1 radical (unpaired) electrons.